The Morgan fingerprint density at radius 2 is 2.04 bits per heavy atom. The number of hydrogen-bond acceptors (Lipinski definition) is 4. The molecule has 1 aliphatic heterocycles. The zero-order chi connectivity index (χ0) is 17.5. The van der Waals surface area contributed by atoms with Crippen molar-refractivity contribution in [2.24, 2.45) is 16.8 Å². The quantitative estimate of drug-likeness (QED) is 0.310. The first-order chi connectivity index (χ1) is 11.5. The number of methoxy groups -OCH3 is 1. The van der Waals surface area contributed by atoms with Gasteiger partial charge < -0.3 is 20.3 Å². The Morgan fingerprint density at radius 1 is 1.29 bits per heavy atom. The van der Waals surface area contributed by atoms with Crippen LogP contribution >= 0.6 is 0 Å². The first kappa shape index (κ1) is 18.5. The van der Waals surface area contributed by atoms with Gasteiger partial charge in [-0.2, -0.15) is 0 Å². The number of aliphatic imine (C=N–C) groups is 1. The molecule has 1 saturated heterocycles. The maximum atomic E-state index is 11.8. The van der Waals surface area contributed by atoms with Gasteiger partial charge in [-0.25, -0.2) is 0 Å². The summed E-state index contributed by atoms with van der Waals surface area (Å²) in [6.07, 6.45) is 3.48. The summed E-state index contributed by atoms with van der Waals surface area (Å²) in [4.78, 5) is 30.2. The Labute approximate surface area is 144 Å². The lowest BCUT2D eigenvalue weighted by Crippen LogP contribution is -2.40. The van der Waals surface area contributed by atoms with Crippen molar-refractivity contribution in [2.45, 2.75) is 45.6 Å². The zero-order valence-corrected chi connectivity index (χ0v) is 15.0. The van der Waals surface area contributed by atoms with Gasteiger partial charge in [-0.3, -0.25) is 14.6 Å². The Kier molecular flexibility index (Phi) is 6.87. The van der Waals surface area contributed by atoms with Crippen LogP contribution in [0.5, 0.6) is 0 Å². The van der Waals surface area contributed by atoms with Gasteiger partial charge >= 0.3 is 5.97 Å². The number of nitrogens with zero attached hydrogens (tertiary/aromatic N) is 2. The highest BCUT2D eigenvalue weighted by molar-refractivity contribution is 5.82. The number of esters is 1. The van der Waals surface area contributed by atoms with Crippen molar-refractivity contribution in [3.05, 3.63) is 0 Å². The molecule has 1 heterocycles. The average Bonchev–Trinajstić information content (AvgIpc) is 3.29. The molecule has 1 saturated carbocycles. The standard InChI is InChI=1S/C17H30N4O3/c1-4-18-17(19-9-5-6-15(22)20-13-7-8-13)21-10-12(2)14(11-21)16(23)24-3/h12-14H,4-11H2,1-3H3,(H,18,19)(H,20,22). The van der Waals surface area contributed by atoms with Crippen LogP contribution in [0.3, 0.4) is 0 Å². The molecule has 2 N–H and O–H groups in total. The van der Waals surface area contributed by atoms with Gasteiger partial charge in [0.15, 0.2) is 5.96 Å². The van der Waals surface area contributed by atoms with Crippen molar-refractivity contribution in [1.82, 2.24) is 15.5 Å². The minimum absolute atomic E-state index is 0.108. The highest BCUT2D eigenvalue weighted by Crippen LogP contribution is 2.24. The number of amides is 1. The number of likely N-dealkylation sites (tertiary alicyclic amines) is 1. The van der Waals surface area contributed by atoms with Crippen molar-refractivity contribution in [3.8, 4) is 0 Å². The van der Waals surface area contributed by atoms with Gasteiger partial charge in [0.05, 0.1) is 13.0 Å². The SMILES string of the molecule is CCNC(=NCCCC(=O)NC1CC1)N1CC(C)C(C(=O)OC)C1. The maximum Gasteiger partial charge on any atom is 0.310 e. The fourth-order valence-electron chi connectivity index (χ4n) is 2.98. The van der Waals surface area contributed by atoms with Crippen LogP contribution in [0.15, 0.2) is 4.99 Å². The molecule has 0 bridgehead atoms. The summed E-state index contributed by atoms with van der Waals surface area (Å²) in [7, 11) is 1.43. The van der Waals surface area contributed by atoms with E-state index in [1.165, 1.54) is 7.11 Å². The van der Waals surface area contributed by atoms with Crippen molar-refractivity contribution < 1.29 is 14.3 Å². The first-order valence-electron chi connectivity index (χ1n) is 8.95. The van der Waals surface area contributed by atoms with Crippen LogP contribution in [-0.4, -0.2) is 62.1 Å². The van der Waals surface area contributed by atoms with Crippen molar-refractivity contribution >= 4 is 17.8 Å². The van der Waals surface area contributed by atoms with Crippen LogP contribution in [0.1, 0.15) is 39.5 Å². The third-order valence-corrected chi connectivity index (χ3v) is 4.52. The lowest BCUT2D eigenvalue weighted by Gasteiger charge is -2.21. The topological polar surface area (TPSA) is 83.0 Å². The largest absolute Gasteiger partial charge is 0.469 e. The molecular formula is C17H30N4O3. The minimum atomic E-state index is -0.155. The lowest BCUT2D eigenvalue weighted by molar-refractivity contribution is -0.146. The molecule has 2 atom stereocenters. The third kappa shape index (κ3) is 5.39. The van der Waals surface area contributed by atoms with E-state index in [1.807, 2.05) is 6.92 Å². The van der Waals surface area contributed by atoms with E-state index in [9.17, 15) is 9.59 Å². The van der Waals surface area contributed by atoms with Crippen LogP contribution in [0.4, 0.5) is 0 Å². The Balaban J connectivity index is 1.81. The maximum absolute atomic E-state index is 11.8. The molecule has 7 nitrogen and oxygen atoms in total. The molecule has 2 fully saturated rings. The molecule has 0 aromatic carbocycles. The second-order valence-corrected chi connectivity index (χ2v) is 6.69. The third-order valence-electron chi connectivity index (χ3n) is 4.52. The first-order valence-corrected chi connectivity index (χ1v) is 8.95. The summed E-state index contributed by atoms with van der Waals surface area (Å²) >= 11 is 0. The number of carbonyl (C=O) groups excluding carboxylic acids is 2. The van der Waals surface area contributed by atoms with E-state index in [1.54, 1.807) is 0 Å². The van der Waals surface area contributed by atoms with E-state index >= 15 is 0 Å². The van der Waals surface area contributed by atoms with E-state index < -0.39 is 0 Å². The molecular weight excluding hydrogens is 308 g/mol. The van der Waals surface area contributed by atoms with Gasteiger partial charge in [0.25, 0.3) is 0 Å². The van der Waals surface area contributed by atoms with Gasteiger partial charge in [0.1, 0.15) is 0 Å². The van der Waals surface area contributed by atoms with E-state index in [4.69, 9.17) is 4.74 Å². The van der Waals surface area contributed by atoms with E-state index in [2.05, 4.69) is 27.4 Å². The van der Waals surface area contributed by atoms with Crippen molar-refractivity contribution in [3.63, 3.8) is 0 Å². The Bertz CT molecular complexity index is 476. The monoisotopic (exact) mass is 338 g/mol. The minimum Gasteiger partial charge on any atom is -0.469 e. The van der Waals surface area contributed by atoms with Gasteiger partial charge in [-0.1, -0.05) is 6.92 Å². The van der Waals surface area contributed by atoms with Crippen LogP contribution in [0.25, 0.3) is 0 Å². The molecule has 24 heavy (non-hydrogen) atoms. The predicted molar refractivity (Wildman–Crippen MR) is 92.6 cm³/mol. The number of carbonyl (C=O) groups is 2. The van der Waals surface area contributed by atoms with Crippen molar-refractivity contribution in [1.29, 1.82) is 0 Å². The van der Waals surface area contributed by atoms with Crippen LogP contribution < -0.4 is 10.6 Å². The smallest absolute Gasteiger partial charge is 0.310 e. The van der Waals surface area contributed by atoms with Gasteiger partial charge in [0, 0.05) is 38.6 Å². The molecule has 0 aromatic rings. The second kappa shape index (κ2) is 8.89. The Hall–Kier alpha value is -1.79. The molecule has 1 amide bonds. The van der Waals surface area contributed by atoms with E-state index in [0.717, 1.165) is 38.3 Å². The molecule has 7 heteroatoms. The summed E-state index contributed by atoms with van der Waals surface area (Å²) in [6, 6.07) is 0.416. The number of nitrogens with one attached hydrogen (secondary N) is 2. The molecule has 136 valence electrons. The van der Waals surface area contributed by atoms with Crippen molar-refractivity contribution in [2.75, 3.05) is 33.3 Å². The second-order valence-electron chi connectivity index (χ2n) is 6.69. The van der Waals surface area contributed by atoms with Gasteiger partial charge in [-0.05, 0) is 32.1 Å². The van der Waals surface area contributed by atoms with Gasteiger partial charge in [0.2, 0.25) is 5.91 Å². The lowest BCUT2D eigenvalue weighted by atomic mass is 9.99. The van der Waals surface area contributed by atoms with E-state index in [0.29, 0.717) is 25.6 Å². The number of hydrogen-bond donors (Lipinski definition) is 2. The molecule has 0 aromatic heterocycles. The number of ether oxygens (including phenoxy) is 1. The molecule has 0 spiro atoms. The summed E-state index contributed by atoms with van der Waals surface area (Å²) in [5.74, 6) is 0.919. The predicted octanol–water partition coefficient (Wildman–Crippen LogP) is 0.752. The summed E-state index contributed by atoms with van der Waals surface area (Å²) < 4.78 is 4.88. The normalized spacial score (nSPS) is 24.0. The van der Waals surface area contributed by atoms with Crippen LogP contribution in [0, 0.1) is 11.8 Å². The highest BCUT2D eigenvalue weighted by Gasteiger charge is 2.36. The molecule has 2 unspecified atom stereocenters. The highest BCUT2D eigenvalue weighted by atomic mass is 16.5. The summed E-state index contributed by atoms with van der Waals surface area (Å²) in [6.45, 7) is 6.88. The fourth-order valence-corrected chi connectivity index (χ4v) is 2.98. The van der Waals surface area contributed by atoms with Crippen LogP contribution in [-0.2, 0) is 14.3 Å². The number of rotatable bonds is 7. The van der Waals surface area contributed by atoms with E-state index in [-0.39, 0.29) is 23.7 Å². The molecule has 2 aliphatic rings. The van der Waals surface area contributed by atoms with Crippen LogP contribution in [0.2, 0.25) is 0 Å². The number of guanidine groups is 1. The molecule has 2 rings (SSSR count). The average molecular weight is 338 g/mol. The van der Waals surface area contributed by atoms with Gasteiger partial charge in [-0.15, -0.1) is 0 Å². The molecule has 1 aliphatic carbocycles. The summed E-state index contributed by atoms with van der Waals surface area (Å²) in [5.41, 5.74) is 0. The zero-order valence-electron chi connectivity index (χ0n) is 15.0. The summed E-state index contributed by atoms with van der Waals surface area (Å²) in [5, 5.41) is 6.26. The molecule has 0 radical (unpaired) electrons. The fraction of sp³-hybridized carbons (Fsp3) is 0.824. The Morgan fingerprint density at radius 3 is 2.67 bits per heavy atom.